The molecule has 7 nitrogen and oxygen atoms in total. The molecule has 2 aromatic heterocycles. The first-order valence-corrected chi connectivity index (χ1v) is 8.75. The number of fused-ring (bicyclic) bond motifs is 1. The molecule has 1 amide bonds. The fraction of sp³-hybridized carbons (Fsp3) is 0.421. The number of nitrogens with zero attached hydrogens (tertiary/aromatic N) is 2. The molecule has 0 bridgehead atoms. The van der Waals surface area contributed by atoms with E-state index >= 15 is 0 Å². The summed E-state index contributed by atoms with van der Waals surface area (Å²) in [7, 11) is 1.61. The van der Waals surface area contributed by atoms with Crippen LogP contribution in [0.25, 0.3) is 11.0 Å². The summed E-state index contributed by atoms with van der Waals surface area (Å²) in [5, 5.41) is 8.13. The van der Waals surface area contributed by atoms with Crippen molar-refractivity contribution >= 4 is 16.9 Å². The average Bonchev–Trinajstić information content (AvgIpc) is 3.36. The summed E-state index contributed by atoms with van der Waals surface area (Å²) >= 11 is 0. The maximum Gasteiger partial charge on any atom is 0.225 e. The van der Waals surface area contributed by atoms with E-state index in [1.165, 1.54) is 0 Å². The Balaban J connectivity index is 1.54. The van der Waals surface area contributed by atoms with Gasteiger partial charge in [-0.25, -0.2) is 0 Å². The topological polar surface area (TPSA) is 90.4 Å². The van der Waals surface area contributed by atoms with E-state index in [0.29, 0.717) is 17.3 Å². The van der Waals surface area contributed by atoms with E-state index in [-0.39, 0.29) is 12.3 Å². The fourth-order valence-corrected chi connectivity index (χ4v) is 3.69. The quantitative estimate of drug-likeness (QED) is 0.755. The normalized spacial score (nSPS) is 16.1. The molecule has 0 saturated heterocycles. The highest BCUT2D eigenvalue weighted by atomic mass is 16.5. The fourth-order valence-electron chi connectivity index (χ4n) is 3.69. The van der Waals surface area contributed by atoms with Gasteiger partial charge in [-0.1, -0.05) is 18.0 Å². The lowest BCUT2D eigenvalue weighted by molar-refractivity contribution is -0.122. The van der Waals surface area contributed by atoms with E-state index < -0.39 is 5.54 Å². The lowest BCUT2D eigenvalue weighted by Gasteiger charge is -2.26. The number of nitrogens with one attached hydrogen (secondary N) is 1. The van der Waals surface area contributed by atoms with Crippen molar-refractivity contribution in [3.8, 4) is 5.75 Å². The molecule has 1 aliphatic rings. The van der Waals surface area contributed by atoms with Gasteiger partial charge in [-0.2, -0.15) is 4.98 Å². The van der Waals surface area contributed by atoms with Gasteiger partial charge in [-0.3, -0.25) is 4.79 Å². The Labute approximate surface area is 150 Å². The summed E-state index contributed by atoms with van der Waals surface area (Å²) < 4.78 is 15.9. The first kappa shape index (κ1) is 16.6. The SMILES string of the molecule is COc1ccc2c(CC(=O)NC3(c4noc(C)n4)CCCC3)coc2c1. The number of hydrogen-bond donors (Lipinski definition) is 1. The number of aromatic nitrogens is 2. The third kappa shape index (κ3) is 2.94. The molecule has 1 aliphatic carbocycles. The van der Waals surface area contributed by atoms with Crippen molar-refractivity contribution in [1.29, 1.82) is 0 Å². The molecule has 1 fully saturated rings. The number of carbonyl (C=O) groups excluding carboxylic acids is 1. The number of amides is 1. The van der Waals surface area contributed by atoms with E-state index in [4.69, 9.17) is 13.7 Å². The molecular weight excluding hydrogens is 334 g/mol. The average molecular weight is 355 g/mol. The Morgan fingerprint density at radius 1 is 1.35 bits per heavy atom. The largest absolute Gasteiger partial charge is 0.497 e. The predicted molar refractivity (Wildman–Crippen MR) is 93.8 cm³/mol. The first-order valence-electron chi connectivity index (χ1n) is 8.75. The summed E-state index contributed by atoms with van der Waals surface area (Å²) in [5.74, 6) is 1.73. The van der Waals surface area contributed by atoms with Gasteiger partial charge >= 0.3 is 0 Å². The summed E-state index contributed by atoms with van der Waals surface area (Å²) in [6.45, 7) is 1.76. The van der Waals surface area contributed by atoms with Crippen molar-refractivity contribution in [1.82, 2.24) is 15.5 Å². The van der Waals surface area contributed by atoms with Gasteiger partial charge in [0.15, 0.2) is 5.82 Å². The zero-order chi connectivity index (χ0) is 18.1. The summed E-state index contributed by atoms with van der Waals surface area (Å²) in [4.78, 5) is 17.1. The highest BCUT2D eigenvalue weighted by Crippen LogP contribution is 2.37. The summed E-state index contributed by atoms with van der Waals surface area (Å²) in [6.07, 6.45) is 5.56. The standard InChI is InChI=1S/C19H21N3O4/c1-12-20-18(22-26-12)19(7-3-4-8-19)21-17(23)9-13-11-25-16-10-14(24-2)5-6-15(13)16/h5-6,10-11H,3-4,7-9H2,1-2H3,(H,21,23). The van der Waals surface area contributed by atoms with E-state index in [0.717, 1.165) is 42.4 Å². The van der Waals surface area contributed by atoms with Crippen LogP contribution in [0.3, 0.4) is 0 Å². The third-order valence-electron chi connectivity index (χ3n) is 5.01. The minimum atomic E-state index is -0.530. The number of rotatable bonds is 5. The zero-order valence-corrected chi connectivity index (χ0v) is 14.9. The van der Waals surface area contributed by atoms with Gasteiger partial charge in [-0.15, -0.1) is 0 Å². The van der Waals surface area contributed by atoms with Gasteiger partial charge in [0.25, 0.3) is 0 Å². The second kappa shape index (κ2) is 6.48. The van der Waals surface area contributed by atoms with Crippen molar-refractivity contribution in [2.24, 2.45) is 0 Å². The molecule has 0 atom stereocenters. The maximum atomic E-state index is 12.8. The molecule has 1 N–H and O–H groups in total. The predicted octanol–water partition coefficient (Wildman–Crippen LogP) is 3.26. The molecule has 0 radical (unpaired) electrons. The van der Waals surface area contributed by atoms with Gasteiger partial charge in [0.05, 0.1) is 19.8 Å². The highest BCUT2D eigenvalue weighted by Gasteiger charge is 2.41. The van der Waals surface area contributed by atoms with Gasteiger partial charge in [0.1, 0.15) is 16.9 Å². The molecule has 7 heteroatoms. The van der Waals surface area contributed by atoms with Crippen LogP contribution in [0.2, 0.25) is 0 Å². The number of aryl methyl sites for hydroxylation is 1. The van der Waals surface area contributed by atoms with Crippen LogP contribution in [0.15, 0.2) is 33.4 Å². The highest BCUT2D eigenvalue weighted by molar-refractivity contribution is 5.88. The molecule has 136 valence electrons. The smallest absolute Gasteiger partial charge is 0.225 e. The molecule has 0 aliphatic heterocycles. The van der Waals surface area contributed by atoms with Crippen LogP contribution in [-0.2, 0) is 16.8 Å². The first-order chi connectivity index (χ1) is 12.6. The Morgan fingerprint density at radius 2 is 2.15 bits per heavy atom. The minimum Gasteiger partial charge on any atom is -0.497 e. The third-order valence-corrected chi connectivity index (χ3v) is 5.01. The lowest BCUT2D eigenvalue weighted by atomic mass is 9.96. The van der Waals surface area contributed by atoms with Crippen LogP contribution in [0.4, 0.5) is 0 Å². The van der Waals surface area contributed by atoms with Crippen LogP contribution < -0.4 is 10.1 Å². The van der Waals surface area contributed by atoms with E-state index in [9.17, 15) is 4.79 Å². The molecule has 1 saturated carbocycles. The zero-order valence-electron chi connectivity index (χ0n) is 14.9. The Morgan fingerprint density at radius 3 is 2.85 bits per heavy atom. The molecule has 2 heterocycles. The second-order valence-electron chi connectivity index (χ2n) is 6.77. The lowest BCUT2D eigenvalue weighted by Crippen LogP contribution is -2.45. The molecule has 1 aromatic carbocycles. The van der Waals surface area contributed by atoms with Crippen LogP contribution in [0.5, 0.6) is 5.75 Å². The van der Waals surface area contributed by atoms with Crippen LogP contribution >= 0.6 is 0 Å². The number of carbonyl (C=O) groups is 1. The maximum absolute atomic E-state index is 12.8. The van der Waals surface area contributed by atoms with Gasteiger partial charge in [0.2, 0.25) is 11.8 Å². The molecule has 26 heavy (non-hydrogen) atoms. The van der Waals surface area contributed by atoms with Gasteiger partial charge in [0, 0.05) is 23.9 Å². The van der Waals surface area contributed by atoms with Crippen LogP contribution in [-0.4, -0.2) is 23.2 Å². The number of benzene rings is 1. The minimum absolute atomic E-state index is 0.0760. The molecular formula is C19H21N3O4. The van der Waals surface area contributed by atoms with Gasteiger partial charge in [-0.05, 0) is 25.0 Å². The monoisotopic (exact) mass is 355 g/mol. The Bertz CT molecular complexity index is 937. The Hall–Kier alpha value is -2.83. The van der Waals surface area contributed by atoms with Crippen LogP contribution in [0.1, 0.15) is 43.0 Å². The van der Waals surface area contributed by atoms with E-state index in [1.807, 2.05) is 18.2 Å². The van der Waals surface area contributed by atoms with Crippen molar-refractivity contribution in [3.63, 3.8) is 0 Å². The summed E-state index contributed by atoms with van der Waals surface area (Å²) in [5.41, 5.74) is 1.02. The van der Waals surface area contributed by atoms with Crippen molar-refractivity contribution in [2.75, 3.05) is 7.11 Å². The molecule has 4 rings (SSSR count). The number of hydrogen-bond acceptors (Lipinski definition) is 6. The molecule has 0 spiro atoms. The number of furan rings is 1. The van der Waals surface area contributed by atoms with E-state index in [1.54, 1.807) is 20.3 Å². The number of ether oxygens (including phenoxy) is 1. The van der Waals surface area contributed by atoms with Crippen molar-refractivity contribution in [3.05, 3.63) is 41.7 Å². The van der Waals surface area contributed by atoms with E-state index in [2.05, 4.69) is 15.5 Å². The Kier molecular flexibility index (Phi) is 4.14. The summed E-state index contributed by atoms with van der Waals surface area (Å²) in [6, 6.07) is 5.59. The van der Waals surface area contributed by atoms with Gasteiger partial charge < -0.3 is 19.0 Å². The van der Waals surface area contributed by atoms with Crippen molar-refractivity contribution in [2.45, 2.75) is 44.6 Å². The number of methoxy groups -OCH3 is 1. The second-order valence-corrected chi connectivity index (χ2v) is 6.77. The van der Waals surface area contributed by atoms with Crippen LogP contribution in [0, 0.1) is 6.92 Å². The molecule has 3 aromatic rings. The van der Waals surface area contributed by atoms with Crippen molar-refractivity contribution < 1.29 is 18.5 Å². The molecule has 0 unspecified atom stereocenters.